The van der Waals surface area contributed by atoms with E-state index < -0.39 is 0 Å². The fraction of sp³-hybridized carbons (Fsp3) is 0.357. The Hall–Kier alpha value is -1.42. The van der Waals surface area contributed by atoms with E-state index in [1.165, 1.54) is 17.9 Å². The molecule has 2 aromatic rings. The maximum atomic E-state index is 5.95. The molecule has 0 radical (unpaired) electrons. The summed E-state index contributed by atoms with van der Waals surface area (Å²) in [6.45, 7) is 1.04. The van der Waals surface area contributed by atoms with Crippen LogP contribution >= 0.6 is 11.8 Å². The number of benzene rings is 1. The standard InChI is InChI=1S/C14H17N3S/c15-12-3-4-13(11-2-1-6-16-14(11)12)17-8-10-5-7-18-9-10/h1-4,6,10,17H,5,7-9,15H2. The molecular formula is C14H17N3S. The number of hydrogen-bond acceptors (Lipinski definition) is 4. The molecule has 4 heteroatoms. The van der Waals surface area contributed by atoms with E-state index in [1.807, 2.05) is 12.1 Å². The number of fused-ring (bicyclic) bond motifs is 1. The number of nitrogens with two attached hydrogens (primary N) is 1. The van der Waals surface area contributed by atoms with Gasteiger partial charge in [-0.2, -0.15) is 11.8 Å². The number of anilines is 2. The smallest absolute Gasteiger partial charge is 0.0951 e. The molecule has 1 atom stereocenters. The van der Waals surface area contributed by atoms with E-state index in [-0.39, 0.29) is 0 Å². The Balaban J connectivity index is 1.85. The molecule has 0 aliphatic carbocycles. The minimum absolute atomic E-state index is 0.743. The van der Waals surface area contributed by atoms with Crippen LogP contribution in [0.4, 0.5) is 11.4 Å². The third-order valence-corrected chi connectivity index (χ3v) is 4.64. The molecule has 0 saturated carbocycles. The summed E-state index contributed by atoms with van der Waals surface area (Å²) in [5.41, 5.74) is 8.73. The molecule has 3 rings (SSSR count). The van der Waals surface area contributed by atoms with Gasteiger partial charge in [0, 0.05) is 23.8 Å². The quantitative estimate of drug-likeness (QED) is 0.832. The molecule has 18 heavy (non-hydrogen) atoms. The average Bonchev–Trinajstić information content (AvgIpc) is 2.92. The van der Waals surface area contributed by atoms with Gasteiger partial charge in [-0.1, -0.05) is 0 Å². The van der Waals surface area contributed by atoms with E-state index in [2.05, 4.69) is 34.2 Å². The highest BCUT2D eigenvalue weighted by Gasteiger charge is 2.15. The summed E-state index contributed by atoms with van der Waals surface area (Å²) in [5, 5.41) is 4.66. The molecule has 3 nitrogen and oxygen atoms in total. The Morgan fingerprint density at radius 3 is 3.17 bits per heavy atom. The molecule has 1 unspecified atom stereocenters. The van der Waals surface area contributed by atoms with Crippen LogP contribution in [0.15, 0.2) is 30.5 Å². The molecule has 2 heterocycles. The van der Waals surface area contributed by atoms with Crippen LogP contribution in [0, 0.1) is 5.92 Å². The summed E-state index contributed by atoms with van der Waals surface area (Å²) in [4.78, 5) is 4.35. The van der Waals surface area contributed by atoms with Crippen molar-refractivity contribution in [2.45, 2.75) is 6.42 Å². The molecule has 1 aromatic heterocycles. The van der Waals surface area contributed by atoms with Crippen molar-refractivity contribution in [3.63, 3.8) is 0 Å². The summed E-state index contributed by atoms with van der Waals surface area (Å²) in [6, 6.07) is 8.02. The molecule has 0 spiro atoms. The highest BCUT2D eigenvalue weighted by molar-refractivity contribution is 7.99. The van der Waals surface area contributed by atoms with E-state index in [0.29, 0.717) is 0 Å². The third-order valence-electron chi connectivity index (χ3n) is 3.41. The number of nitrogen functional groups attached to an aromatic ring is 1. The van der Waals surface area contributed by atoms with Gasteiger partial charge in [-0.15, -0.1) is 0 Å². The maximum Gasteiger partial charge on any atom is 0.0951 e. The van der Waals surface area contributed by atoms with Gasteiger partial charge in [-0.3, -0.25) is 4.98 Å². The van der Waals surface area contributed by atoms with Crippen LogP contribution in [0.1, 0.15) is 6.42 Å². The van der Waals surface area contributed by atoms with Crippen LogP contribution in [-0.4, -0.2) is 23.0 Å². The average molecular weight is 259 g/mol. The summed E-state index contributed by atoms with van der Waals surface area (Å²) in [7, 11) is 0. The predicted octanol–water partition coefficient (Wildman–Crippen LogP) is 2.98. The van der Waals surface area contributed by atoms with Crippen LogP contribution in [0.3, 0.4) is 0 Å². The van der Waals surface area contributed by atoms with Crippen LogP contribution in [0.2, 0.25) is 0 Å². The van der Waals surface area contributed by atoms with Gasteiger partial charge >= 0.3 is 0 Å². The number of pyridine rings is 1. The van der Waals surface area contributed by atoms with Crippen molar-refractivity contribution >= 4 is 34.0 Å². The third kappa shape index (κ3) is 2.25. The first-order valence-corrected chi connectivity index (χ1v) is 7.45. The second kappa shape index (κ2) is 5.06. The van der Waals surface area contributed by atoms with Crippen molar-refractivity contribution in [2.24, 2.45) is 5.92 Å². The molecule has 1 aliphatic heterocycles. The minimum Gasteiger partial charge on any atom is -0.397 e. The molecule has 94 valence electrons. The van der Waals surface area contributed by atoms with E-state index in [4.69, 9.17) is 5.73 Å². The van der Waals surface area contributed by atoms with Gasteiger partial charge in [0.25, 0.3) is 0 Å². The van der Waals surface area contributed by atoms with Crippen molar-refractivity contribution in [2.75, 3.05) is 29.1 Å². The minimum atomic E-state index is 0.743. The topological polar surface area (TPSA) is 50.9 Å². The number of hydrogen-bond donors (Lipinski definition) is 2. The predicted molar refractivity (Wildman–Crippen MR) is 80.1 cm³/mol. The summed E-state index contributed by atoms with van der Waals surface area (Å²) in [5.74, 6) is 3.37. The normalized spacial score (nSPS) is 19.2. The van der Waals surface area contributed by atoms with E-state index in [0.717, 1.165) is 34.7 Å². The van der Waals surface area contributed by atoms with Crippen molar-refractivity contribution in [1.29, 1.82) is 0 Å². The lowest BCUT2D eigenvalue weighted by Gasteiger charge is -2.13. The van der Waals surface area contributed by atoms with Crippen LogP contribution in [0.5, 0.6) is 0 Å². The van der Waals surface area contributed by atoms with Crippen LogP contribution in [0.25, 0.3) is 10.9 Å². The molecule has 0 amide bonds. The number of nitrogens with one attached hydrogen (secondary N) is 1. The first-order valence-electron chi connectivity index (χ1n) is 6.29. The van der Waals surface area contributed by atoms with Gasteiger partial charge in [-0.05, 0) is 48.1 Å². The van der Waals surface area contributed by atoms with Crippen LogP contribution < -0.4 is 11.1 Å². The van der Waals surface area contributed by atoms with Gasteiger partial charge in [0.15, 0.2) is 0 Å². The van der Waals surface area contributed by atoms with Crippen molar-refractivity contribution < 1.29 is 0 Å². The lowest BCUT2D eigenvalue weighted by molar-refractivity contribution is 0.632. The lowest BCUT2D eigenvalue weighted by atomic mass is 10.1. The second-order valence-corrected chi connectivity index (χ2v) is 5.86. The number of nitrogens with zero attached hydrogens (tertiary/aromatic N) is 1. The zero-order valence-electron chi connectivity index (χ0n) is 10.2. The summed E-state index contributed by atoms with van der Waals surface area (Å²) >= 11 is 2.05. The van der Waals surface area contributed by atoms with Gasteiger partial charge in [0.2, 0.25) is 0 Å². The highest BCUT2D eigenvalue weighted by atomic mass is 32.2. The maximum absolute atomic E-state index is 5.95. The Labute approximate surface area is 111 Å². The zero-order chi connectivity index (χ0) is 12.4. The van der Waals surface area contributed by atoms with Crippen molar-refractivity contribution in [3.05, 3.63) is 30.5 Å². The molecule has 1 aliphatic rings. The number of rotatable bonds is 3. The molecule has 1 aromatic carbocycles. The van der Waals surface area contributed by atoms with Gasteiger partial charge in [0.1, 0.15) is 0 Å². The molecule has 3 N–H and O–H groups in total. The fourth-order valence-electron chi connectivity index (χ4n) is 2.35. The first kappa shape index (κ1) is 11.7. The number of thioether (sulfide) groups is 1. The molecule has 0 bridgehead atoms. The fourth-order valence-corrected chi connectivity index (χ4v) is 3.63. The molecule has 1 fully saturated rings. The second-order valence-electron chi connectivity index (χ2n) is 4.71. The Bertz CT molecular complexity index is 550. The van der Waals surface area contributed by atoms with Crippen molar-refractivity contribution in [3.8, 4) is 0 Å². The molecular weight excluding hydrogens is 242 g/mol. The summed E-state index contributed by atoms with van der Waals surface area (Å²) < 4.78 is 0. The number of aromatic nitrogens is 1. The Morgan fingerprint density at radius 1 is 1.39 bits per heavy atom. The SMILES string of the molecule is Nc1ccc(NCC2CCSC2)c2cccnc12. The van der Waals surface area contributed by atoms with E-state index in [1.54, 1.807) is 6.20 Å². The Morgan fingerprint density at radius 2 is 2.33 bits per heavy atom. The largest absolute Gasteiger partial charge is 0.397 e. The zero-order valence-corrected chi connectivity index (χ0v) is 11.0. The monoisotopic (exact) mass is 259 g/mol. The van der Waals surface area contributed by atoms with E-state index >= 15 is 0 Å². The van der Waals surface area contributed by atoms with Gasteiger partial charge < -0.3 is 11.1 Å². The highest BCUT2D eigenvalue weighted by Crippen LogP contribution is 2.28. The van der Waals surface area contributed by atoms with Gasteiger partial charge in [0.05, 0.1) is 11.2 Å². The molecule has 1 saturated heterocycles. The van der Waals surface area contributed by atoms with E-state index in [9.17, 15) is 0 Å². The Kier molecular flexibility index (Phi) is 3.28. The van der Waals surface area contributed by atoms with Crippen LogP contribution in [-0.2, 0) is 0 Å². The first-order chi connectivity index (χ1) is 8.84. The lowest BCUT2D eigenvalue weighted by Crippen LogP contribution is -2.13. The van der Waals surface area contributed by atoms with Gasteiger partial charge in [-0.25, -0.2) is 0 Å². The van der Waals surface area contributed by atoms with Crippen molar-refractivity contribution in [1.82, 2.24) is 4.98 Å². The summed E-state index contributed by atoms with van der Waals surface area (Å²) in [6.07, 6.45) is 3.11.